The molecule has 0 spiro atoms. The first kappa shape index (κ1) is 26.9. The number of nitrogens with zero attached hydrogens (tertiary/aromatic N) is 6. The minimum Gasteiger partial charge on any atom is -0.474 e. The molecule has 1 N–H and O–H groups in total. The van der Waals surface area contributed by atoms with E-state index in [1.807, 2.05) is 55.6 Å². The topological polar surface area (TPSA) is 98.1 Å². The van der Waals surface area contributed by atoms with Gasteiger partial charge in [-0.1, -0.05) is 23.7 Å². The molecule has 0 bridgehead atoms. The van der Waals surface area contributed by atoms with Gasteiger partial charge in [-0.2, -0.15) is 4.98 Å². The summed E-state index contributed by atoms with van der Waals surface area (Å²) in [6.45, 7) is 2.56. The van der Waals surface area contributed by atoms with Crippen molar-refractivity contribution in [3.8, 4) is 5.88 Å². The first-order chi connectivity index (χ1) is 20.0. The van der Waals surface area contributed by atoms with Crippen molar-refractivity contribution in [3.05, 3.63) is 107 Å². The van der Waals surface area contributed by atoms with Crippen molar-refractivity contribution < 1.29 is 9.53 Å². The minimum atomic E-state index is -0.196. The summed E-state index contributed by atoms with van der Waals surface area (Å²) < 4.78 is 8.36. The number of fused-ring (bicyclic) bond motifs is 1. The Morgan fingerprint density at radius 2 is 1.88 bits per heavy atom. The Hall–Kier alpha value is -4.34. The molecule has 1 aliphatic rings. The number of hydrogen-bond donors (Lipinski definition) is 1. The Morgan fingerprint density at radius 3 is 2.66 bits per heavy atom. The van der Waals surface area contributed by atoms with Crippen LogP contribution in [0.3, 0.4) is 0 Å². The number of imidazole rings is 1. The van der Waals surface area contributed by atoms with Crippen LogP contribution in [0.1, 0.15) is 40.4 Å². The average molecular weight is 568 g/mol. The zero-order chi connectivity index (χ0) is 28.2. The van der Waals surface area contributed by atoms with Crippen molar-refractivity contribution in [2.24, 2.45) is 7.05 Å². The van der Waals surface area contributed by atoms with Crippen molar-refractivity contribution in [3.63, 3.8) is 0 Å². The van der Waals surface area contributed by atoms with E-state index in [9.17, 15) is 4.79 Å². The Bertz CT molecular complexity index is 1650. The fourth-order valence-corrected chi connectivity index (χ4v) is 5.17. The second-order valence-corrected chi connectivity index (χ2v) is 10.6. The number of benzene rings is 2. The van der Waals surface area contributed by atoms with Gasteiger partial charge >= 0.3 is 0 Å². The zero-order valence-corrected chi connectivity index (χ0v) is 23.5. The summed E-state index contributed by atoms with van der Waals surface area (Å²) in [5.41, 5.74) is 4.20. The summed E-state index contributed by atoms with van der Waals surface area (Å²) >= 11 is 5.99. The third-order valence-electron chi connectivity index (χ3n) is 7.30. The van der Waals surface area contributed by atoms with E-state index in [1.54, 1.807) is 30.7 Å². The largest absolute Gasteiger partial charge is 0.474 e. The number of aryl methyl sites for hydroxylation is 1. The Morgan fingerprint density at radius 1 is 1.05 bits per heavy atom. The van der Waals surface area contributed by atoms with Crippen LogP contribution in [0.2, 0.25) is 5.02 Å². The van der Waals surface area contributed by atoms with Crippen LogP contribution >= 0.6 is 11.6 Å². The second-order valence-electron chi connectivity index (χ2n) is 10.2. The van der Waals surface area contributed by atoms with Crippen LogP contribution in [0, 0.1) is 0 Å². The van der Waals surface area contributed by atoms with E-state index in [2.05, 4.69) is 29.7 Å². The molecule has 0 saturated carbocycles. The van der Waals surface area contributed by atoms with Crippen LogP contribution in [0.5, 0.6) is 5.88 Å². The summed E-state index contributed by atoms with van der Waals surface area (Å²) in [4.78, 5) is 32.9. The van der Waals surface area contributed by atoms with E-state index in [-0.39, 0.29) is 12.0 Å². The minimum absolute atomic E-state index is 0.107. The molecule has 1 saturated heterocycles. The third-order valence-corrected chi connectivity index (χ3v) is 7.55. The van der Waals surface area contributed by atoms with Gasteiger partial charge in [0.15, 0.2) is 0 Å². The Kier molecular flexibility index (Phi) is 7.89. The van der Waals surface area contributed by atoms with Gasteiger partial charge in [0.25, 0.3) is 5.91 Å². The van der Waals surface area contributed by atoms with Crippen molar-refractivity contribution >= 4 is 34.2 Å². The Labute approximate surface area is 243 Å². The van der Waals surface area contributed by atoms with Gasteiger partial charge in [-0.05, 0) is 60.9 Å². The van der Waals surface area contributed by atoms with Gasteiger partial charge in [0.2, 0.25) is 5.88 Å². The average Bonchev–Trinajstić information content (AvgIpc) is 3.30. The molecular weight excluding hydrogens is 538 g/mol. The van der Waals surface area contributed by atoms with Gasteiger partial charge in [0, 0.05) is 61.9 Å². The number of aromatic nitrogens is 5. The lowest BCUT2D eigenvalue weighted by molar-refractivity contribution is 0.0912. The van der Waals surface area contributed by atoms with Crippen LogP contribution in [-0.4, -0.2) is 54.5 Å². The number of rotatable bonds is 8. The fourth-order valence-electron chi connectivity index (χ4n) is 5.04. The van der Waals surface area contributed by atoms with Gasteiger partial charge in [0.05, 0.1) is 23.1 Å². The summed E-state index contributed by atoms with van der Waals surface area (Å²) in [6, 6.07) is 18.8. The molecule has 9 nitrogen and oxygen atoms in total. The highest BCUT2D eigenvalue weighted by Crippen LogP contribution is 2.23. The lowest BCUT2D eigenvalue weighted by atomic mass is 10.1. The number of piperidine rings is 1. The lowest BCUT2D eigenvalue weighted by Crippen LogP contribution is -2.38. The number of ether oxygens (including phenoxy) is 1. The maximum Gasteiger partial charge on any atom is 0.257 e. The quantitative estimate of drug-likeness (QED) is 0.272. The number of carbonyl (C=O) groups excluding carboxylic acids is 1. The molecule has 41 heavy (non-hydrogen) atoms. The van der Waals surface area contributed by atoms with Crippen LogP contribution in [0.4, 0.5) is 5.69 Å². The first-order valence-electron chi connectivity index (χ1n) is 13.6. The molecule has 0 aliphatic carbocycles. The number of carbonyl (C=O) groups is 1. The number of pyridine rings is 1. The predicted octanol–water partition coefficient (Wildman–Crippen LogP) is 5.30. The smallest absolute Gasteiger partial charge is 0.257 e. The van der Waals surface area contributed by atoms with Crippen LogP contribution in [0.15, 0.2) is 79.3 Å². The maximum absolute atomic E-state index is 12.5. The molecule has 0 radical (unpaired) electrons. The number of amides is 1. The molecule has 0 atom stereocenters. The second kappa shape index (κ2) is 12.0. The van der Waals surface area contributed by atoms with Gasteiger partial charge in [-0.3, -0.25) is 14.7 Å². The molecule has 1 aliphatic heterocycles. The van der Waals surface area contributed by atoms with Gasteiger partial charge < -0.3 is 14.6 Å². The van der Waals surface area contributed by atoms with Crippen molar-refractivity contribution in [2.75, 3.05) is 18.4 Å². The summed E-state index contributed by atoms with van der Waals surface area (Å²) in [5, 5.41) is 3.65. The van der Waals surface area contributed by atoms with E-state index in [1.165, 1.54) is 0 Å². The molecule has 1 amide bonds. The van der Waals surface area contributed by atoms with Crippen molar-refractivity contribution in [1.82, 2.24) is 29.4 Å². The monoisotopic (exact) mass is 567 g/mol. The van der Waals surface area contributed by atoms with E-state index >= 15 is 0 Å². The van der Waals surface area contributed by atoms with Gasteiger partial charge in [-0.15, -0.1) is 0 Å². The highest BCUT2D eigenvalue weighted by Gasteiger charge is 2.23. The van der Waals surface area contributed by atoms with E-state index in [4.69, 9.17) is 21.3 Å². The molecule has 2 aromatic carbocycles. The van der Waals surface area contributed by atoms with E-state index < -0.39 is 0 Å². The first-order valence-corrected chi connectivity index (χ1v) is 14.0. The molecule has 6 rings (SSSR count). The van der Waals surface area contributed by atoms with E-state index in [0.29, 0.717) is 28.6 Å². The summed E-state index contributed by atoms with van der Waals surface area (Å²) in [5.74, 6) is 2.13. The van der Waals surface area contributed by atoms with Crippen LogP contribution < -0.4 is 10.1 Å². The summed E-state index contributed by atoms with van der Waals surface area (Å²) in [6.07, 6.45) is 7.50. The molecule has 208 valence electrons. The maximum atomic E-state index is 12.5. The van der Waals surface area contributed by atoms with Crippen LogP contribution in [0.25, 0.3) is 11.0 Å². The molecule has 10 heteroatoms. The predicted molar refractivity (Wildman–Crippen MR) is 158 cm³/mol. The van der Waals surface area contributed by atoms with E-state index in [0.717, 1.165) is 60.7 Å². The molecule has 0 unspecified atom stereocenters. The standard InChI is InChI=1S/C31H30ClN7O2/c1-38-27-9-8-24(35-31(40)22-3-2-13-33-19-22)18-26(27)36-29(38)20-39-15-11-25(12-16-39)41-30-10-14-34-28(37-30)17-21-4-6-23(32)7-5-21/h2-10,13-14,18-19,25H,11-12,15-17,20H2,1H3,(H,35,40). The van der Waals surface area contributed by atoms with Crippen molar-refractivity contribution in [2.45, 2.75) is 31.9 Å². The summed E-state index contributed by atoms with van der Waals surface area (Å²) in [7, 11) is 2.03. The SMILES string of the molecule is Cn1c(CN2CCC(Oc3ccnc(Cc4ccc(Cl)cc4)n3)CC2)nc2cc(NC(=O)c3cccnc3)ccc21. The molecule has 1 fully saturated rings. The normalized spacial score (nSPS) is 14.3. The van der Waals surface area contributed by atoms with Crippen molar-refractivity contribution in [1.29, 1.82) is 0 Å². The molecule has 4 heterocycles. The third kappa shape index (κ3) is 6.53. The highest BCUT2D eigenvalue weighted by molar-refractivity contribution is 6.30. The highest BCUT2D eigenvalue weighted by atomic mass is 35.5. The number of nitrogens with one attached hydrogen (secondary N) is 1. The number of hydrogen-bond acceptors (Lipinski definition) is 7. The number of likely N-dealkylation sites (tertiary alicyclic amines) is 1. The molecular formula is C31H30ClN7O2. The van der Waals surface area contributed by atoms with Crippen LogP contribution in [-0.2, 0) is 20.0 Å². The number of anilines is 1. The fraction of sp³-hybridized carbons (Fsp3) is 0.258. The molecule has 3 aromatic heterocycles. The van der Waals surface area contributed by atoms with Gasteiger partial charge in [-0.25, -0.2) is 9.97 Å². The molecule has 5 aromatic rings. The Balaban J connectivity index is 1.04. The zero-order valence-electron chi connectivity index (χ0n) is 22.7. The lowest BCUT2D eigenvalue weighted by Gasteiger charge is -2.31. The van der Waals surface area contributed by atoms with Gasteiger partial charge in [0.1, 0.15) is 17.8 Å². The number of halogens is 1.